The second-order valence-corrected chi connectivity index (χ2v) is 9.27. The first kappa shape index (κ1) is 21.4. The fourth-order valence-corrected chi connectivity index (χ4v) is 4.93. The van der Waals surface area contributed by atoms with Gasteiger partial charge in [-0.05, 0) is 42.0 Å². The number of hydrogen-bond acceptors (Lipinski definition) is 7. The van der Waals surface area contributed by atoms with Crippen LogP contribution in [0.2, 0.25) is 0 Å². The van der Waals surface area contributed by atoms with E-state index >= 15 is 0 Å². The Labute approximate surface area is 180 Å². The van der Waals surface area contributed by atoms with Crippen LogP contribution in [0.4, 0.5) is 4.39 Å². The van der Waals surface area contributed by atoms with Crippen molar-refractivity contribution in [3.63, 3.8) is 0 Å². The number of hydrogen-bond donors (Lipinski definition) is 0. The van der Waals surface area contributed by atoms with Crippen LogP contribution in [0.3, 0.4) is 0 Å². The summed E-state index contributed by atoms with van der Waals surface area (Å²) in [6.45, 7) is 2.33. The molecular formula is C21H23FN4O4S. The van der Waals surface area contributed by atoms with Crippen LogP contribution in [0.1, 0.15) is 11.5 Å². The lowest BCUT2D eigenvalue weighted by atomic mass is 10.2. The molecule has 1 fully saturated rings. The first-order valence-corrected chi connectivity index (χ1v) is 11.5. The number of rotatable bonds is 7. The van der Waals surface area contributed by atoms with E-state index in [4.69, 9.17) is 9.26 Å². The quantitative estimate of drug-likeness (QED) is 0.551. The number of piperazine rings is 1. The van der Waals surface area contributed by atoms with Crippen LogP contribution in [0, 0.1) is 5.82 Å². The van der Waals surface area contributed by atoms with Crippen molar-refractivity contribution in [2.45, 2.75) is 12.3 Å². The summed E-state index contributed by atoms with van der Waals surface area (Å²) in [5, 5.41) is 4.03. The Kier molecular flexibility index (Phi) is 6.30. The van der Waals surface area contributed by atoms with Gasteiger partial charge in [0.25, 0.3) is 0 Å². The standard InChI is InChI=1S/C21H23FN4O4S/c1-29-19-8-4-17(5-9-19)21-23-20(30-24-21)14-25-10-12-26(13-11-25)31(27,28)15-16-2-6-18(22)7-3-16/h2-9H,10-15H2,1H3. The summed E-state index contributed by atoms with van der Waals surface area (Å²) < 4.78 is 50.4. The maximum atomic E-state index is 13.0. The molecule has 8 nitrogen and oxygen atoms in total. The second-order valence-electron chi connectivity index (χ2n) is 7.30. The van der Waals surface area contributed by atoms with Crippen LogP contribution in [0.25, 0.3) is 11.4 Å². The molecule has 0 aliphatic carbocycles. The van der Waals surface area contributed by atoms with Crippen molar-refractivity contribution in [1.29, 1.82) is 0 Å². The molecule has 0 amide bonds. The second kappa shape index (κ2) is 9.13. The van der Waals surface area contributed by atoms with Crippen molar-refractivity contribution in [2.24, 2.45) is 0 Å². The summed E-state index contributed by atoms with van der Waals surface area (Å²) >= 11 is 0. The van der Waals surface area contributed by atoms with Crippen molar-refractivity contribution in [3.05, 3.63) is 65.8 Å². The van der Waals surface area contributed by atoms with Gasteiger partial charge in [-0.25, -0.2) is 12.8 Å². The topological polar surface area (TPSA) is 88.8 Å². The molecule has 31 heavy (non-hydrogen) atoms. The van der Waals surface area contributed by atoms with Crippen molar-refractivity contribution < 1.29 is 22.1 Å². The number of nitrogens with zero attached hydrogens (tertiary/aromatic N) is 4. The Bertz CT molecular complexity index is 1110. The molecule has 1 aliphatic heterocycles. The third-order valence-electron chi connectivity index (χ3n) is 5.16. The zero-order chi connectivity index (χ0) is 21.8. The third-order valence-corrected chi connectivity index (χ3v) is 7.01. The smallest absolute Gasteiger partial charge is 0.241 e. The fourth-order valence-electron chi connectivity index (χ4n) is 3.42. The van der Waals surface area contributed by atoms with Gasteiger partial charge in [0, 0.05) is 31.7 Å². The molecule has 3 aromatic rings. The van der Waals surface area contributed by atoms with Gasteiger partial charge in [-0.2, -0.15) is 9.29 Å². The molecule has 0 N–H and O–H groups in total. The molecule has 0 saturated carbocycles. The van der Waals surface area contributed by atoms with E-state index in [-0.39, 0.29) is 11.6 Å². The maximum Gasteiger partial charge on any atom is 0.241 e. The number of ether oxygens (including phenoxy) is 1. The highest BCUT2D eigenvalue weighted by atomic mass is 32.2. The summed E-state index contributed by atoms with van der Waals surface area (Å²) in [4.78, 5) is 6.52. The third kappa shape index (κ3) is 5.27. The molecule has 1 saturated heterocycles. The first-order valence-electron chi connectivity index (χ1n) is 9.84. The number of methoxy groups -OCH3 is 1. The summed E-state index contributed by atoms with van der Waals surface area (Å²) in [5.74, 6) is 1.21. The van der Waals surface area contributed by atoms with E-state index in [9.17, 15) is 12.8 Å². The van der Waals surface area contributed by atoms with Crippen molar-refractivity contribution in [2.75, 3.05) is 33.3 Å². The Morgan fingerprint density at radius 2 is 1.71 bits per heavy atom. The van der Waals surface area contributed by atoms with E-state index < -0.39 is 10.0 Å². The lowest BCUT2D eigenvalue weighted by Crippen LogP contribution is -2.48. The van der Waals surface area contributed by atoms with Gasteiger partial charge in [0.2, 0.25) is 21.7 Å². The maximum absolute atomic E-state index is 13.0. The number of aromatic nitrogens is 2. The minimum atomic E-state index is -3.46. The average Bonchev–Trinajstić information content (AvgIpc) is 3.24. The summed E-state index contributed by atoms with van der Waals surface area (Å²) in [5.41, 5.74) is 1.40. The molecule has 0 unspecified atom stereocenters. The van der Waals surface area contributed by atoms with Crippen LogP contribution in [-0.2, 0) is 22.3 Å². The van der Waals surface area contributed by atoms with Crippen LogP contribution in [-0.4, -0.2) is 61.1 Å². The van der Waals surface area contributed by atoms with Gasteiger partial charge in [-0.1, -0.05) is 17.3 Å². The Morgan fingerprint density at radius 3 is 2.35 bits per heavy atom. The zero-order valence-corrected chi connectivity index (χ0v) is 17.9. The number of sulfonamides is 1. The molecule has 4 rings (SSSR count). The summed E-state index contributed by atoms with van der Waals surface area (Å²) in [7, 11) is -1.85. The van der Waals surface area contributed by atoms with Crippen LogP contribution in [0.5, 0.6) is 5.75 Å². The van der Waals surface area contributed by atoms with E-state index in [1.807, 2.05) is 24.3 Å². The van der Waals surface area contributed by atoms with Gasteiger partial charge in [-0.3, -0.25) is 4.90 Å². The van der Waals surface area contributed by atoms with Crippen LogP contribution >= 0.6 is 0 Å². The van der Waals surface area contributed by atoms with Gasteiger partial charge < -0.3 is 9.26 Å². The van der Waals surface area contributed by atoms with E-state index in [0.29, 0.717) is 50.0 Å². The average molecular weight is 447 g/mol. The van der Waals surface area contributed by atoms with Crippen molar-refractivity contribution in [3.8, 4) is 17.1 Å². The lowest BCUT2D eigenvalue weighted by molar-refractivity contribution is 0.163. The SMILES string of the molecule is COc1ccc(-c2noc(CN3CCN(S(=O)(=O)Cc4ccc(F)cc4)CC3)n2)cc1. The van der Waals surface area contributed by atoms with Gasteiger partial charge in [0.15, 0.2) is 0 Å². The number of benzene rings is 2. The van der Waals surface area contributed by atoms with Crippen molar-refractivity contribution >= 4 is 10.0 Å². The van der Waals surface area contributed by atoms with Gasteiger partial charge in [0.1, 0.15) is 11.6 Å². The molecule has 0 atom stereocenters. The molecule has 0 bridgehead atoms. The molecule has 2 aromatic carbocycles. The first-order chi connectivity index (χ1) is 14.9. The molecule has 0 radical (unpaired) electrons. The molecule has 1 aliphatic rings. The van der Waals surface area contributed by atoms with Crippen LogP contribution in [0.15, 0.2) is 53.1 Å². The highest BCUT2D eigenvalue weighted by Crippen LogP contribution is 2.21. The number of halogens is 1. The Morgan fingerprint density at radius 1 is 1.03 bits per heavy atom. The highest BCUT2D eigenvalue weighted by molar-refractivity contribution is 7.88. The van der Waals surface area contributed by atoms with Crippen molar-refractivity contribution in [1.82, 2.24) is 19.3 Å². The molecule has 10 heteroatoms. The zero-order valence-electron chi connectivity index (χ0n) is 17.1. The van der Waals surface area contributed by atoms with E-state index in [0.717, 1.165) is 11.3 Å². The summed E-state index contributed by atoms with van der Waals surface area (Å²) in [6, 6.07) is 12.9. The fraction of sp³-hybridized carbons (Fsp3) is 0.333. The Balaban J connectivity index is 1.32. The molecule has 2 heterocycles. The Hall–Kier alpha value is -2.82. The lowest BCUT2D eigenvalue weighted by Gasteiger charge is -2.33. The minimum Gasteiger partial charge on any atom is -0.497 e. The minimum absolute atomic E-state index is 0.137. The summed E-state index contributed by atoms with van der Waals surface area (Å²) in [6.07, 6.45) is 0. The molecule has 0 spiro atoms. The van der Waals surface area contributed by atoms with Crippen LogP contribution < -0.4 is 4.74 Å². The highest BCUT2D eigenvalue weighted by Gasteiger charge is 2.28. The molecular weight excluding hydrogens is 423 g/mol. The predicted octanol–water partition coefficient (Wildman–Crippen LogP) is 2.53. The van der Waals surface area contributed by atoms with Gasteiger partial charge in [-0.15, -0.1) is 0 Å². The predicted molar refractivity (Wildman–Crippen MR) is 112 cm³/mol. The van der Waals surface area contributed by atoms with E-state index in [1.165, 1.54) is 28.6 Å². The van der Waals surface area contributed by atoms with Gasteiger partial charge >= 0.3 is 0 Å². The van der Waals surface area contributed by atoms with E-state index in [2.05, 4.69) is 15.0 Å². The van der Waals surface area contributed by atoms with Gasteiger partial charge in [0.05, 0.1) is 19.4 Å². The normalized spacial score (nSPS) is 15.8. The largest absolute Gasteiger partial charge is 0.497 e. The molecule has 1 aromatic heterocycles. The van der Waals surface area contributed by atoms with E-state index in [1.54, 1.807) is 7.11 Å². The monoisotopic (exact) mass is 446 g/mol. The molecule has 164 valence electrons.